The lowest BCUT2D eigenvalue weighted by Crippen LogP contribution is -2.23. The zero-order chi connectivity index (χ0) is 19.2. The maximum absolute atomic E-state index is 12.2. The van der Waals surface area contributed by atoms with Crippen LogP contribution in [0, 0.1) is 0 Å². The molecule has 0 unspecified atom stereocenters. The predicted octanol–water partition coefficient (Wildman–Crippen LogP) is 4.39. The lowest BCUT2D eigenvalue weighted by Gasteiger charge is -2.09. The van der Waals surface area contributed by atoms with Crippen molar-refractivity contribution in [2.75, 3.05) is 11.1 Å². The van der Waals surface area contributed by atoms with E-state index in [-0.39, 0.29) is 11.7 Å². The van der Waals surface area contributed by atoms with Crippen molar-refractivity contribution in [1.82, 2.24) is 10.3 Å². The summed E-state index contributed by atoms with van der Waals surface area (Å²) in [7, 11) is 0. The van der Waals surface area contributed by atoms with E-state index < -0.39 is 0 Å². The van der Waals surface area contributed by atoms with Gasteiger partial charge in [0.1, 0.15) is 5.82 Å². The summed E-state index contributed by atoms with van der Waals surface area (Å²) in [6, 6.07) is 16.0. The second-order valence-corrected chi connectivity index (χ2v) is 7.87. The Morgan fingerprint density at radius 1 is 1.11 bits per heavy atom. The summed E-state index contributed by atoms with van der Waals surface area (Å²) < 4.78 is 0. The molecule has 0 spiro atoms. The second kappa shape index (κ2) is 8.68. The Morgan fingerprint density at radius 3 is 2.63 bits per heavy atom. The number of aromatic nitrogens is 1. The van der Waals surface area contributed by atoms with Crippen molar-refractivity contribution in [1.29, 1.82) is 0 Å². The molecule has 1 aromatic carbocycles. The number of carbonyl (C=O) groups is 1. The van der Waals surface area contributed by atoms with Crippen LogP contribution in [0.15, 0.2) is 54.7 Å². The number of nitrogens with two attached hydrogens (primary N) is 1. The van der Waals surface area contributed by atoms with E-state index in [9.17, 15) is 4.79 Å². The van der Waals surface area contributed by atoms with Crippen LogP contribution in [0.5, 0.6) is 0 Å². The second-order valence-electron chi connectivity index (χ2n) is 6.62. The number of amides is 1. The van der Waals surface area contributed by atoms with Crippen molar-refractivity contribution < 1.29 is 4.79 Å². The number of nitrogens with one attached hydrogen (secondary N) is 2. The molecule has 0 saturated heterocycles. The number of anilines is 2. The molecule has 0 fully saturated rings. The Labute approximate surface area is 163 Å². The summed E-state index contributed by atoms with van der Waals surface area (Å²) in [4.78, 5) is 18.5. The molecule has 4 N–H and O–H groups in total. The first-order valence-electron chi connectivity index (χ1n) is 8.93. The first-order chi connectivity index (χ1) is 13.0. The number of rotatable bonds is 7. The highest BCUT2D eigenvalue weighted by Gasteiger charge is 2.10. The Bertz CT molecular complexity index is 920. The summed E-state index contributed by atoms with van der Waals surface area (Å²) in [5, 5.41) is 6.36. The molecule has 0 atom stereocenters. The van der Waals surface area contributed by atoms with E-state index in [1.165, 1.54) is 10.4 Å². The highest BCUT2D eigenvalue weighted by atomic mass is 32.1. The summed E-state index contributed by atoms with van der Waals surface area (Å²) in [5.41, 5.74) is 8.59. The third-order valence-electron chi connectivity index (χ3n) is 4.24. The number of nitrogen functional groups attached to an aromatic ring is 1. The highest BCUT2D eigenvalue weighted by molar-refractivity contribution is 7.12. The minimum atomic E-state index is -0.209. The monoisotopic (exact) mass is 380 g/mol. The smallest absolute Gasteiger partial charge is 0.255 e. The molecule has 140 valence electrons. The molecule has 0 saturated carbocycles. The van der Waals surface area contributed by atoms with Gasteiger partial charge >= 0.3 is 0 Å². The molecule has 2 aromatic heterocycles. The topological polar surface area (TPSA) is 80.0 Å². The van der Waals surface area contributed by atoms with Gasteiger partial charge in [0.2, 0.25) is 0 Å². The average molecular weight is 381 g/mol. The lowest BCUT2D eigenvalue weighted by molar-refractivity contribution is 0.0952. The lowest BCUT2D eigenvalue weighted by atomic mass is 10.0. The molecule has 3 aromatic rings. The Hall–Kier alpha value is -2.86. The van der Waals surface area contributed by atoms with Crippen molar-refractivity contribution in [3.63, 3.8) is 0 Å². The molecule has 0 aliphatic rings. The van der Waals surface area contributed by atoms with Crippen LogP contribution < -0.4 is 16.4 Å². The molecule has 5 nitrogen and oxygen atoms in total. The molecule has 0 aliphatic heterocycles. The Balaban J connectivity index is 1.53. The largest absolute Gasteiger partial charge is 0.383 e. The van der Waals surface area contributed by atoms with Gasteiger partial charge in [0.15, 0.2) is 0 Å². The fourth-order valence-electron chi connectivity index (χ4n) is 2.68. The summed E-state index contributed by atoms with van der Waals surface area (Å²) in [6.45, 7) is 5.62. The predicted molar refractivity (Wildman–Crippen MR) is 112 cm³/mol. The van der Waals surface area contributed by atoms with Gasteiger partial charge in [-0.05, 0) is 47.9 Å². The van der Waals surface area contributed by atoms with Crippen LogP contribution in [0.25, 0.3) is 0 Å². The van der Waals surface area contributed by atoms with Crippen LogP contribution >= 0.6 is 11.3 Å². The van der Waals surface area contributed by atoms with Crippen LogP contribution in [0.3, 0.4) is 0 Å². The van der Waals surface area contributed by atoms with E-state index in [0.29, 0.717) is 18.0 Å². The zero-order valence-electron chi connectivity index (χ0n) is 15.5. The number of hydrogen-bond donors (Lipinski definition) is 3. The number of hydrogen-bond acceptors (Lipinski definition) is 5. The van der Waals surface area contributed by atoms with E-state index >= 15 is 0 Å². The molecule has 0 radical (unpaired) electrons. The van der Waals surface area contributed by atoms with Gasteiger partial charge in [-0.1, -0.05) is 26.0 Å². The van der Waals surface area contributed by atoms with Crippen molar-refractivity contribution in [2.45, 2.75) is 32.9 Å². The first-order valence-corrected chi connectivity index (χ1v) is 9.74. The van der Waals surface area contributed by atoms with E-state index in [2.05, 4.69) is 59.8 Å². The quantitative estimate of drug-likeness (QED) is 0.568. The summed E-state index contributed by atoms with van der Waals surface area (Å²) >= 11 is 1.68. The molecular weight excluding hydrogens is 356 g/mol. The fraction of sp³-hybridized carbons (Fsp3) is 0.238. The van der Waals surface area contributed by atoms with Gasteiger partial charge in [0, 0.05) is 28.2 Å². The van der Waals surface area contributed by atoms with E-state index in [4.69, 9.17) is 5.73 Å². The van der Waals surface area contributed by atoms with Crippen LogP contribution in [0.4, 0.5) is 11.5 Å². The normalized spacial score (nSPS) is 10.8. The van der Waals surface area contributed by atoms with Gasteiger partial charge in [-0.15, -0.1) is 11.3 Å². The Kier molecular flexibility index (Phi) is 6.08. The van der Waals surface area contributed by atoms with Gasteiger partial charge in [0.25, 0.3) is 5.91 Å². The van der Waals surface area contributed by atoms with Crippen LogP contribution in [-0.4, -0.2) is 10.9 Å². The van der Waals surface area contributed by atoms with E-state index in [1.807, 2.05) is 6.07 Å². The molecule has 6 heteroatoms. The number of carbonyl (C=O) groups excluding carboxylic acids is 1. The number of benzene rings is 1. The van der Waals surface area contributed by atoms with Crippen molar-refractivity contribution in [3.8, 4) is 0 Å². The summed E-state index contributed by atoms with van der Waals surface area (Å²) in [6.07, 6.45) is 1.57. The standard InChI is InChI=1S/C21H24N4OS/c1-14(2)15-5-3-6-16(11-15)24-12-17-8-9-18(27-17)13-25-21(26)19-7-4-10-23-20(19)22/h3-11,14,24H,12-13H2,1-2H3,(H2,22,23)(H,25,26). The third kappa shape index (κ3) is 5.08. The van der Waals surface area contributed by atoms with Crippen LogP contribution in [0.1, 0.15) is 45.4 Å². The van der Waals surface area contributed by atoms with Crippen molar-refractivity contribution in [3.05, 3.63) is 75.6 Å². The molecule has 0 bridgehead atoms. The van der Waals surface area contributed by atoms with Crippen LogP contribution in [0.2, 0.25) is 0 Å². The van der Waals surface area contributed by atoms with Crippen LogP contribution in [-0.2, 0) is 13.1 Å². The SMILES string of the molecule is CC(C)c1cccc(NCc2ccc(CNC(=O)c3cccnc3N)s2)c1. The van der Waals surface area contributed by atoms with Crippen molar-refractivity contribution in [2.24, 2.45) is 0 Å². The van der Waals surface area contributed by atoms with Gasteiger partial charge in [0.05, 0.1) is 12.1 Å². The van der Waals surface area contributed by atoms with Gasteiger partial charge < -0.3 is 16.4 Å². The number of pyridine rings is 1. The van der Waals surface area contributed by atoms with Gasteiger partial charge in [-0.25, -0.2) is 4.98 Å². The third-order valence-corrected chi connectivity index (χ3v) is 5.33. The van der Waals surface area contributed by atoms with E-state index in [0.717, 1.165) is 17.1 Å². The Morgan fingerprint density at radius 2 is 1.89 bits per heavy atom. The van der Waals surface area contributed by atoms with Gasteiger partial charge in [-0.2, -0.15) is 0 Å². The first kappa shape index (κ1) is 18.9. The number of nitrogens with zero attached hydrogens (tertiary/aromatic N) is 1. The molecule has 3 rings (SSSR count). The minimum absolute atomic E-state index is 0.209. The molecule has 1 amide bonds. The maximum Gasteiger partial charge on any atom is 0.255 e. The highest BCUT2D eigenvalue weighted by Crippen LogP contribution is 2.21. The fourth-order valence-corrected chi connectivity index (χ4v) is 3.58. The average Bonchev–Trinajstić information content (AvgIpc) is 3.13. The van der Waals surface area contributed by atoms with Crippen molar-refractivity contribution >= 4 is 28.7 Å². The molecule has 27 heavy (non-hydrogen) atoms. The maximum atomic E-state index is 12.2. The summed E-state index contributed by atoms with van der Waals surface area (Å²) in [5.74, 6) is 0.548. The molecule has 2 heterocycles. The number of thiophene rings is 1. The zero-order valence-corrected chi connectivity index (χ0v) is 16.3. The molecule has 0 aliphatic carbocycles. The molecular formula is C21H24N4OS. The minimum Gasteiger partial charge on any atom is -0.383 e. The van der Waals surface area contributed by atoms with Gasteiger partial charge in [-0.3, -0.25) is 4.79 Å². The van der Waals surface area contributed by atoms with E-state index in [1.54, 1.807) is 29.7 Å².